The van der Waals surface area contributed by atoms with Crippen molar-refractivity contribution in [3.05, 3.63) is 0 Å². The van der Waals surface area contributed by atoms with Crippen molar-refractivity contribution in [1.29, 1.82) is 5.26 Å². The molecule has 0 radical (unpaired) electrons. The third kappa shape index (κ3) is 8.25. The molecule has 0 aromatic rings. The molecule has 0 heterocycles. The van der Waals surface area contributed by atoms with E-state index in [1.165, 1.54) is 0 Å². The Labute approximate surface area is 97.9 Å². The smallest absolute Gasteiger partial charge is 0.304 e. The van der Waals surface area contributed by atoms with E-state index >= 15 is 0 Å². The summed E-state index contributed by atoms with van der Waals surface area (Å²) in [6.07, 6.45) is 3.12. The van der Waals surface area contributed by atoms with Crippen molar-refractivity contribution in [2.75, 3.05) is 20.1 Å². The van der Waals surface area contributed by atoms with Gasteiger partial charge in [-0.05, 0) is 40.3 Å². The van der Waals surface area contributed by atoms with Crippen molar-refractivity contribution < 1.29 is 9.90 Å². The van der Waals surface area contributed by atoms with Crippen molar-refractivity contribution in [3.63, 3.8) is 0 Å². The number of carboxylic acid groups (broad SMARTS) is 1. The molecule has 0 rings (SSSR count). The van der Waals surface area contributed by atoms with Crippen molar-refractivity contribution in [2.45, 2.75) is 39.5 Å². The summed E-state index contributed by atoms with van der Waals surface area (Å²) in [6.45, 7) is 5.38. The van der Waals surface area contributed by atoms with Crippen LogP contribution in [0.3, 0.4) is 0 Å². The summed E-state index contributed by atoms with van der Waals surface area (Å²) in [5, 5.41) is 17.3. The highest BCUT2D eigenvalue weighted by molar-refractivity contribution is 5.66. The summed E-state index contributed by atoms with van der Waals surface area (Å²) in [5.41, 5.74) is -0.236. The molecule has 4 heteroatoms. The predicted octanol–water partition coefficient (Wildman–Crippen LogP) is 2.11. The van der Waals surface area contributed by atoms with Crippen molar-refractivity contribution >= 4 is 5.97 Å². The van der Waals surface area contributed by atoms with Gasteiger partial charge in [0.2, 0.25) is 0 Å². The molecule has 0 atom stereocenters. The van der Waals surface area contributed by atoms with Crippen molar-refractivity contribution in [1.82, 2.24) is 4.90 Å². The van der Waals surface area contributed by atoms with Crippen LogP contribution in [0.2, 0.25) is 0 Å². The fourth-order valence-corrected chi connectivity index (χ4v) is 1.40. The Balaban J connectivity index is 3.52. The highest BCUT2D eigenvalue weighted by atomic mass is 16.4. The SMILES string of the molecule is CN(CCCCC(C)(C)C#N)CCC(=O)O. The van der Waals surface area contributed by atoms with Gasteiger partial charge in [-0.25, -0.2) is 0 Å². The number of nitriles is 1. The Morgan fingerprint density at radius 3 is 2.50 bits per heavy atom. The van der Waals surface area contributed by atoms with Gasteiger partial charge in [0.15, 0.2) is 0 Å². The summed E-state index contributed by atoms with van der Waals surface area (Å²) >= 11 is 0. The van der Waals surface area contributed by atoms with Crippen LogP contribution < -0.4 is 0 Å². The maximum atomic E-state index is 10.3. The van der Waals surface area contributed by atoms with Gasteiger partial charge in [0.25, 0.3) is 0 Å². The quantitative estimate of drug-likeness (QED) is 0.644. The molecular weight excluding hydrogens is 204 g/mol. The molecule has 1 N–H and O–H groups in total. The molecule has 0 aliphatic carbocycles. The largest absolute Gasteiger partial charge is 0.481 e. The molecule has 0 aromatic carbocycles. The van der Waals surface area contributed by atoms with Gasteiger partial charge in [-0.3, -0.25) is 4.79 Å². The third-order valence-electron chi connectivity index (χ3n) is 2.60. The van der Waals surface area contributed by atoms with E-state index in [-0.39, 0.29) is 11.8 Å². The van der Waals surface area contributed by atoms with Crippen LogP contribution in [0.4, 0.5) is 0 Å². The van der Waals surface area contributed by atoms with Crippen LogP contribution in [0.5, 0.6) is 0 Å². The molecule has 0 fully saturated rings. The standard InChI is InChI=1S/C12H22N2O2/c1-12(2,10-13)7-4-5-8-14(3)9-6-11(15)16/h4-9H2,1-3H3,(H,15,16). The lowest BCUT2D eigenvalue weighted by molar-refractivity contribution is -0.137. The number of hydrogen-bond acceptors (Lipinski definition) is 3. The monoisotopic (exact) mass is 226 g/mol. The fraction of sp³-hybridized carbons (Fsp3) is 0.833. The lowest BCUT2D eigenvalue weighted by atomic mass is 9.89. The number of hydrogen-bond donors (Lipinski definition) is 1. The molecule has 0 amide bonds. The lowest BCUT2D eigenvalue weighted by Gasteiger charge is -2.17. The van der Waals surface area contributed by atoms with Crippen molar-refractivity contribution in [3.8, 4) is 6.07 Å². The first kappa shape index (κ1) is 14.9. The molecule has 4 nitrogen and oxygen atoms in total. The molecule has 92 valence electrons. The number of nitrogens with zero attached hydrogens (tertiary/aromatic N) is 2. The molecule has 0 aliphatic heterocycles. The Morgan fingerprint density at radius 2 is 2.00 bits per heavy atom. The van der Waals surface area contributed by atoms with E-state index in [2.05, 4.69) is 6.07 Å². The van der Waals surface area contributed by atoms with Gasteiger partial charge in [-0.2, -0.15) is 5.26 Å². The van der Waals surface area contributed by atoms with Gasteiger partial charge in [0.05, 0.1) is 17.9 Å². The molecule has 0 saturated carbocycles. The minimum Gasteiger partial charge on any atom is -0.481 e. The first-order chi connectivity index (χ1) is 7.37. The predicted molar refractivity (Wildman–Crippen MR) is 63.0 cm³/mol. The summed E-state index contributed by atoms with van der Waals surface area (Å²) in [4.78, 5) is 12.4. The number of carboxylic acids is 1. The van der Waals surface area contributed by atoms with Crippen LogP contribution >= 0.6 is 0 Å². The second-order valence-corrected chi connectivity index (χ2v) is 4.90. The van der Waals surface area contributed by atoms with E-state index in [0.717, 1.165) is 25.8 Å². The molecule has 0 aromatic heterocycles. The topological polar surface area (TPSA) is 64.3 Å². The van der Waals surface area contributed by atoms with E-state index in [1.54, 1.807) is 0 Å². The molecule has 0 spiro atoms. The Bertz CT molecular complexity index is 256. The summed E-state index contributed by atoms with van der Waals surface area (Å²) in [7, 11) is 1.93. The van der Waals surface area contributed by atoms with E-state index in [9.17, 15) is 4.79 Å². The Morgan fingerprint density at radius 1 is 1.38 bits per heavy atom. The molecule has 0 unspecified atom stereocenters. The average molecular weight is 226 g/mol. The first-order valence-corrected chi connectivity index (χ1v) is 5.69. The lowest BCUT2D eigenvalue weighted by Crippen LogP contribution is -2.23. The van der Waals surface area contributed by atoms with Crippen LogP contribution in [0, 0.1) is 16.7 Å². The molecule has 0 bridgehead atoms. The van der Waals surface area contributed by atoms with Gasteiger partial charge in [0.1, 0.15) is 0 Å². The van der Waals surface area contributed by atoms with Crippen LogP contribution in [-0.4, -0.2) is 36.1 Å². The van der Waals surface area contributed by atoms with Crippen LogP contribution in [0.1, 0.15) is 39.5 Å². The highest BCUT2D eigenvalue weighted by Crippen LogP contribution is 2.21. The molecular formula is C12H22N2O2. The van der Waals surface area contributed by atoms with Gasteiger partial charge in [-0.15, -0.1) is 0 Å². The maximum absolute atomic E-state index is 10.3. The second-order valence-electron chi connectivity index (χ2n) is 4.90. The second kappa shape index (κ2) is 7.24. The number of aliphatic carboxylic acids is 1. The zero-order valence-electron chi connectivity index (χ0n) is 10.5. The highest BCUT2D eigenvalue weighted by Gasteiger charge is 2.15. The van der Waals surface area contributed by atoms with Gasteiger partial charge in [-0.1, -0.05) is 6.42 Å². The normalized spacial score (nSPS) is 11.4. The Kier molecular flexibility index (Phi) is 6.75. The number of rotatable bonds is 8. The molecule has 0 aliphatic rings. The summed E-state index contributed by atoms with van der Waals surface area (Å²) < 4.78 is 0. The summed E-state index contributed by atoms with van der Waals surface area (Å²) in [5.74, 6) is -0.752. The Hall–Kier alpha value is -1.08. The maximum Gasteiger partial charge on any atom is 0.304 e. The van der Waals surface area contributed by atoms with Gasteiger partial charge >= 0.3 is 5.97 Å². The minimum absolute atomic E-state index is 0.195. The first-order valence-electron chi connectivity index (χ1n) is 5.69. The van der Waals surface area contributed by atoms with Crippen LogP contribution in [0.15, 0.2) is 0 Å². The fourth-order valence-electron chi connectivity index (χ4n) is 1.40. The number of unbranched alkanes of at least 4 members (excludes halogenated alkanes) is 1. The molecule has 0 saturated heterocycles. The van der Waals surface area contributed by atoms with E-state index < -0.39 is 5.97 Å². The average Bonchev–Trinajstić information content (AvgIpc) is 2.21. The van der Waals surface area contributed by atoms with Crippen LogP contribution in [0.25, 0.3) is 0 Å². The van der Waals surface area contributed by atoms with E-state index in [1.807, 2.05) is 25.8 Å². The van der Waals surface area contributed by atoms with E-state index in [0.29, 0.717) is 6.54 Å². The number of carbonyl (C=O) groups is 1. The molecule has 16 heavy (non-hydrogen) atoms. The van der Waals surface area contributed by atoms with Gasteiger partial charge < -0.3 is 10.0 Å². The zero-order valence-corrected chi connectivity index (χ0v) is 10.5. The zero-order chi connectivity index (χ0) is 12.6. The summed E-state index contributed by atoms with van der Waals surface area (Å²) in [6, 6.07) is 2.28. The van der Waals surface area contributed by atoms with Crippen molar-refractivity contribution in [2.24, 2.45) is 5.41 Å². The van der Waals surface area contributed by atoms with Crippen LogP contribution in [-0.2, 0) is 4.79 Å². The van der Waals surface area contributed by atoms with Gasteiger partial charge in [0, 0.05) is 6.54 Å². The van der Waals surface area contributed by atoms with E-state index in [4.69, 9.17) is 10.4 Å². The third-order valence-corrected chi connectivity index (χ3v) is 2.60. The minimum atomic E-state index is -0.752.